The van der Waals surface area contributed by atoms with Gasteiger partial charge in [0.25, 0.3) is 0 Å². The van der Waals surface area contributed by atoms with E-state index in [0.29, 0.717) is 17.5 Å². The summed E-state index contributed by atoms with van der Waals surface area (Å²) in [6.07, 6.45) is 3.51. The van der Waals surface area contributed by atoms with Gasteiger partial charge in [-0.05, 0) is 52.6 Å². The third-order valence-electron chi connectivity index (χ3n) is 10.4. The molecule has 0 saturated heterocycles. The Hall–Kier alpha value is -7.35. The molecule has 0 radical (unpaired) electrons. The summed E-state index contributed by atoms with van der Waals surface area (Å²) in [6.45, 7) is 0. The second kappa shape index (κ2) is 13.2. The molecular weight excluding hydrogens is 705 g/mol. The summed E-state index contributed by atoms with van der Waals surface area (Å²) in [5, 5.41) is 3.51. The van der Waals surface area contributed by atoms with Gasteiger partial charge in [0, 0.05) is 43.7 Å². The van der Waals surface area contributed by atoms with Gasteiger partial charge in [-0.25, -0.2) is 24.9 Å². The van der Waals surface area contributed by atoms with Gasteiger partial charge >= 0.3 is 0 Å². The topological polar surface area (TPSA) is 69.4 Å². The van der Waals surface area contributed by atoms with E-state index < -0.39 is 0 Å². The number of thiophene rings is 1. The predicted octanol–water partition coefficient (Wildman–Crippen LogP) is 12.5. The first-order valence-electron chi connectivity index (χ1n) is 18.5. The highest BCUT2D eigenvalue weighted by Crippen LogP contribution is 2.41. The summed E-state index contributed by atoms with van der Waals surface area (Å²) in [5.74, 6) is 1.81. The Kier molecular flexibility index (Phi) is 7.57. The molecule has 0 amide bonds. The molecular formula is C49H30N6S. The Bertz CT molecular complexity index is 3210. The number of aromatic nitrogens is 6. The number of hydrogen-bond donors (Lipinski definition) is 0. The monoisotopic (exact) mass is 734 g/mol. The molecule has 6 nitrogen and oxygen atoms in total. The van der Waals surface area contributed by atoms with Crippen LogP contribution in [0.15, 0.2) is 182 Å². The van der Waals surface area contributed by atoms with E-state index in [4.69, 9.17) is 15.0 Å². The van der Waals surface area contributed by atoms with Crippen molar-refractivity contribution in [3.8, 4) is 62.1 Å². The van der Waals surface area contributed by atoms with Crippen LogP contribution in [0.25, 0.3) is 104 Å². The summed E-state index contributed by atoms with van der Waals surface area (Å²) < 4.78 is 4.60. The van der Waals surface area contributed by atoms with Crippen molar-refractivity contribution in [3.63, 3.8) is 0 Å². The Morgan fingerprint density at radius 1 is 0.429 bits per heavy atom. The molecule has 0 N–H and O–H groups in total. The molecule has 262 valence electrons. The van der Waals surface area contributed by atoms with E-state index >= 15 is 0 Å². The summed E-state index contributed by atoms with van der Waals surface area (Å²) in [7, 11) is 0. The van der Waals surface area contributed by atoms with Gasteiger partial charge < -0.3 is 4.57 Å². The molecule has 11 rings (SSSR count). The average Bonchev–Trinajstić information content (AvgIpc) is 3.83. The number of benzene rings is 7. The normalized spacial score (nSPS) is 11.6. The fourth-order valence-corrected chi connectivity index (χ4v) is 8.99. The number of para-hydroxylation sites is 2. The number of hydrogen-bond acceptors (Lipinski definition) is 6. The molecule has 7 aromatic carbocycles. The van der Waals surface area contributed by atoms with Gasteiger partial charge in [0.1, 0.15) is 6.33 Å². The molecule has 0 aliphatic heterocycles. The quantitative estimate of drug-likeness (QED) is 0.170. The van der Waals surface area contributed by atoms with Crippen LogP contribution in [0.1, 0.15) is 0 Å². The summed E-state index contributed by atoms with van der Waals surface area (Å²) in [5.41, 5.74) is 11.4. The molecule has 0 bridgehead atoms. The SMILES string of the molecule is c1ccc(-c2ccc(-c3nc(-c4ccccc4)nc(-c4cccc(-c5cccc6c5sc5cncnc56)c4)n3)c(-n3c4ccccc4c4ccccc43)c2)cc1. The van der Waals surface area contributed by atoms with Crippen LogP contribution in [0.2, 0.25) is 0 Å². The molecule has 0 fully saturated rings. The Balaban J connectivity index is 1.15. The lowest BCUT2D eigenvalue weighted by Crippen LogP contribution is -2.04. The first kappa shape index (κ1) is 32.1. The fraction of sp³-hybridized carbons (Fsp3) is 0. The second-order valence-corrected chi connectivity index (χ2v) is 14.8. The van der Waals surface area contributed by atoms with Crippen LogP contribution in [-0.2, 0) is 0 Å². The summed E-state index contributed by atoms with van der Waals surface area (Å²) in [6, 6.07) is 59.4. The maximum atomic E-state index is 5.31. The van der Waals surface area contributed by atoms with Crippen molar-refractivity contribution in [1.82, 2.24) is 29.5 Å². The molecule has 0 unspecified atom stereocenters. The van der Waals surface area contributed by atoms with Crippen LogP contribution >= 0.6 is 11.3 Å². The molecule has 0 saturated carbocycles. The van der Waals surface area contributed by atoms with Gasteiger partial charge in [-0.3, -0.25) is 0 Å². The van der Waals surface area contributed by atoms with E-state index in [1.807, 2.05) is 24.4 Å². The van der Waals surface area contributed by atoms with E-state index in [1.165, 1.54) is 15.5 Å². The van der Waals surface area contributed by atoms with Gasteiger partial charge in [-0.1, -0.05) is 140 Å². The van der Waals surface area contributed by atoms with Crippen molar-refractivity contribution >= 4 is 53.4 Å². The molecule has 56 heavy (non-hydrogen) atoms. The number of rotatable bonds is 6. The predicted molar refractivity (Wildman–Crippen MR) is 230 cm³/mol. The minimum atomic E-state index is 0.598. The smallest absolute Gasteiger partial charge is 0.166 e. The third-order valence-corrected chi connectivity index (χ3v) is 11.6. The molecule has 0 spiro atoms. The average molecular weight is 735 g/mol. The standard InChI is InChI=1S/C49H30N6S/c1-3-13-31(14-4-1)33-25-26-39(43(28-33)55-41-23-9-7-19-37(41)38-20-8-10-24-42(38)55)49-53-47(32-15-5-2-6-16-32)52-48(54-49)35-18-11-17-34(27-35)36-21-12-22-40-45-44(56-46(36)40)29-50-30-51-45/h1-30H. The van der Waals surface area contributed by atoms with Gasteiger partial charge in [-0.15, -0.1) is 11.3 Å². The zero-order chi connectivity index (χ0) is 37.0. The molecule has 7 heteroatoms. The lowest BCUT2D eigenvalue weighted by atomic mass is 10.0. The minimum Gasteiger partial charge on any atom is -0.308 e. The van der Waals surface area contributed by atoms with Crippen molar-refractivity contribution < 1.29 is 0 Å². The van der Waals surface area contributed by atoms with Crippen LogP contribution < -0.4 is 0 Å². The highest BCUT2D eigenvalue weighted by Gasteiger charge is 2.21. The number of nitrogens with zero attached hydrogens (tertiary/aromatic N) is 6. The van der Waals surface area contributed by atoms with Crippen molar-refractivity contribution in [2.75, 3.05) is 0 Å². The zero-order valence-electron chi connectivity index (χ0n) is 29.9. The van der Waals surface area contributed by atoms with Gasteiger partial charge in [0.2, 0.25) is 0 Å². The van der Waals surface area contributed by atoms with Crippen molar-refractivity contribution in [2.45, 2.75) is 0 Å². The molecule has 4 heterocycles. The fourth-order valence-electron chi connectivity index (χ4n) is 7.83. The highest BCUT2D eigenvalue weighted by molar-refractivity contribution is 7.26. The largest absolute Gasteiger partial charge is 0.308 e. The van der Waals surface area contributed by atoms with E-state index in [1.54, 1.807) is 17.7 Å². The Morgan fingerprint density at radius 2 is 1.04 bits per heavy atom. The van der Waals surface area contributed by atoms with Gasteiger partial charge in [-0.2, -0.15) is 0 Å². The third kappa shape index (κ3) is 5.36. The summed E-state index contributed by atoms with van der Waals surface area (Å²) >= 11 is 1.72. The van der Waals surface area contributed by atoms with Crippen LogP contribution in [0.3, 0.4) is 0 Å². The van der Waals surface area contributed by atoms with E-state index in [0.717, 1.165) is 71.3 Å². The number of fused-ring (bicyclic) bond motifs is 6. The maximum Gasteiger partial charge on any atom is 0.166 e. The maximum absolute atomic E-state index is 5.31. The first-order valence-corrected chi connectivity index (χ1v) is 19.3. The van der Waals surface area contributed by atoms with Crippen molar-refractivity contribution in [1.29, 1.82) is 0 Å². The van der Waals surface area contributed by atoms with Crippen LogP contribution in [0.4, 0.5) is 0 Å². The highest BCUT2D eigenvalue weighted by atomic mass is 32.1. The molecule has 11 aromatic rings. The lowest BCUT2D eigenvalue weighted by molar-refractivity contribution is 1.06. The van der Waals surface area contributed by atoms with Gasteiger partial charge in [0.05, 0.1) is 26.9 Å². The van der Waals surface area contributed by atoms with Crippen LogP contribution in [-0.4, -0.2) is 29.5 Å². The van der Waals surface area contributed by atoms with Gasteiger partial charge in [0.15, 0.2) is 17.5 Å². The molecule has 0 aliphatic carbocycles. The Labute approximate surface area is 326 Å². The van der Waals surface area contributed by atoms with Crippen LogP contribution in [0, 0.1) is 0 Å². The molecule has 4 aromatic heterocycles. The second-order valence-electron chi connectivity index (χ2n) is 13.7. The molecule has 0 atom stereocenters. The van der Waals surface area contributed by atoms with Crippen LogP contribution in [0.5, 0.6) is 0 Å². The zero-order valence-corrected chi connectivity index (χ0v) is 30.7. The Morgan fingerprint density at radius 3 is 1.80 bits per heavy atom. The van der Waals surface area contributed by atoms with E-state index in [2.05, 4.69) is 166 Å². The van der Waals surface area contributed by atoms with Crippen molar-refractivity contribution in [2.24, 2.45) is 0 Å². The lowest BCUT2D eigenvalue weighted by Gasteiger charge is -2.16. The molecule has 0 aliphatic rings. The van der Waals surface area contributed by atoms with Crippen molar-refractivity contribution in [3.05, 3.63) is 182 Å². The first-order chi connectivity index (χ1) is 27.8. The van der Waals surface area contributed by atoms with E-state index in [9.17, 15) is 0 Å². The van der Waals surface area contributed by atoms with E-state index in [-0.39, 0.29) is 0 Å². The minimum absolute atomic E-state index is 0.598. The summed E-state index contributed by atoms with van der Waals surface area (Å²) in [4.78, 5) is 24.6.